The van der Waals surface area contributed by atoms with Crippen molar-refractivity contribution in [3.8, 4) is 0 Å². The highest BCUT2D eigenvalue weighted by molar-refractivity contribution is 5.62. The zero-order valence-corrected chi connectivity index (χ0v) is 18.1. The van der Waals surface area contributed by atoms with E-state index in [1.807, 2.05) is 0 Å². The number of piperidine rings is 1. The second-order valence-corrected chi connectivity index (χ2v) is 8.53. The average molecular weight is 448 g/mol. The number of halogens is 3. The van der Waals surface area contributed by atoms with Gasteiger partial charge in [-0.25, -0.2) is 4.52 Å². The first kappa shape index (κ1) is 22.4. The van der Waals surface area contributed by atoms with Gasteiger partial charge in [0, 0.05) is 17.3 Å². The molecule has 9 heteroatoms. The molecule has 6 nitrogen and oxygen atoms in total. The van der Waals surface area contributed by atoms with Crippen LogP contribution in [-0.4, -0.2) is 27.7 Å². The van der Waals surface area contributed by atoms with Crippen LogP contribution in [0.25, 0.3) is 5.65 Å². The quantitative estimate of drug-likeness (QED) is 0.521. The molecule has 2 aromatic heterocycles. The third-order valence-electron chi connectivity index (χ3n) is 5.96. The van der Waals surface area contributed by atoms with Gasteiger partial charge in [-0.15, -0.1) is 0 Å². The minimum atomic E-state index is -4.44. The Morgan fingerprint density at radius 2 is 1.81 bits per heavy atom. The third-order valence-corrected chi connectivity index (χ3v) is 5.96. The fraction of sp³-hybridized carbons (Fsp3) is 0.478. The van der Waals surface area contributed by atoms with Gasteiger partial charge in [-0.05, 0) is 75.4 Å². The molecule has 1 aromatic carbocycles. The zero-order valence-electron chi connectivity index (χ0n) is 18.1. The van der Waals surface area contributed by atoms with Crippen LogP contribution in [0.5, 0.6) is 0 Å². The molecule has 1 saturated carbocycles. The number of aromatic nitrogens is 3. The van der Waals surface area contributed by atoms with Crippen molar-refractivity contribution in [3.63, 3.8) is 0 Å². The van der Waals surface area contributed by atoms with Crippen molar-refractivity contribution in [1.82, 2.24) is 19.9 Å². The van der Waals surface area contributed by atoms with Crippen LogP contribution in [0.1, 0.15) is 61.1 Å². The summed E-state index contributed by atoms with van der Waals surface area (Å²) in [5.74, 6) is 0.697. The lowest BCUT2D eigenvalue weighted by atomic mass is 9.81. The van der Waals surface area contributed by atoms with E-state index >= 15 is 0 Å². The molecule has 0 bridgehead atoms. The van der Waals surface area contributed by atoms with Crippen molar-refractivity contribution in [1.29, 1.82) is 0 Å². The van der Waals surface area contributed by atoms with Gasteiger partial charge in [-0.1, -0.05) is 12.8 Å². The lowest BCUT2D eigenvalue weighted by Gasteiger charge is -2.24. The number of aromatic amines is 1. The highest BCUT2D eigenvalue weighted by atomic mass is 19.4. The van der Waals surface area contributed by atoms with Crippen LogP contribution < -0.4 is 16.2 Å². The maximum absolute atomic E-state index is 13.0. The van der Waals surface area contributed by atoms with E-state index in [1.165, 1.54) is 42.9 Å². The minimum absolute atomic E-state index is 0.255. The number of hydrogen-bond acceptors (Lipinski definition) is 4. The molecule has 0 unspecified atom stereocenters. The Morgan fingerprint density at radius 1 is 1.06 bits per heavy atom. The van der Waals surface area contributed by atoms with Crippen LogP contribution in [0.15, 0.2) is 35.3 Å². The summed E-state index contributed by atoms with van der Waals surface area (Å²) < 4.78 is 40.7. The number of hydrogen-bond donors (Lipinski definition) is 3. The Balaban J connectivity index is 0.000000354. The van der Waals surface area contributed by atoms with Gasteiger partial charge >= 0.3 is 6.18 Å². The molecular formula is C23H28F3N5O. The van der Waals surface area contributed by atoms with Gasteiger partial charge in [0.05, 0.1) is 11.8 Å². The summed E-state index contributed by atoms with van der Waals surface area (Å²) in [6.07, 6.45) is 4.75. The lowest BCUT2D eigenvalue weighted by Crippen LogP contribution is -2.21. The second-order valence-electron chi connectivity index (χ2n) is 8.53. The number of H-pyrrole nitrogens is 1. The van der Waals surface area contributed by atoms with Crippen molar-refractivity contribution >= 4 is 17.2 Å². The lowest BCUT2D eigenvalue weighted by molar-refractivity contribution is -0.137. The van der Waals surface area contributed by atoms with E-state index in [9.17, 15) is 18.0 Å². The molecule has 32 heavy (non-hydrogen) atoms. The van der Waals surface area contributed by atoms with E-state index < -0.39 is 11.7 Å². The maximum Gasteiger partial charge on any atom is 0.416 e. The van der Waals surface area contributed by atoms with Crippen molar-refractivity contribution < 1.29 is 13.2 Å². The highest BCUT2D eigenvalue weighted by Crippen LogP contribution is 2.38. The van der Waals surface area contributed by atoms with Crippen LogP contribution >= 0.6 is 0 Å². The van der Waals surface area contributed by atoms with Gasteiger partial charge in [-0.3, -0.25) is 4.79 Å². The molecule has 0 amide bonds. The molecule has 3 N–H and O–H groups in total. The molecule has 3 aromatic rings. The molecule has 2 aliphatic rings. The first-order valence-corrected chi connectivity index (χ1v) is 11.1. The van der Waals surface area contributed by atoms with E-state index in [1.54, 1.807) is 19.2 Å². The molecule has 1 aliphatic carbocycles. The molecule has 0 radical (unpaired) electrons. The number of anilines is 2. The number of aryl methyl sites for hydroxylation is 1. The monoisotopic (exact) mass is 447 g/mol. The summed E-state index contributed by atoms with van der Waals surface area (Å²) in [6.45, 7) is 4.09. The maximum atomic E-state index is 13.0. The predicted molar refractivity (Wildman–Crippen MR) is 119 cm³/mol. The van der Waals surface area contributed by atoms with E-state index in [0.29, 0.717) is 22.9 Å². The van der Waals surface area contributed by atoms with Crippen LogP contribution in [0.2, 0.25) is 0 Å². The molecule has 3 heterocycles. The summed E-state index contributed by atoms with van der Waals surface area (Å²) >= 11 is 0. The Hall–Kier alpha value is -2.81. The van der Waals surface area contributed by atoms with E-state index in [2.05, 4.69) is 20.7 Å². The van der Waals surface area contributed by atoms with Gasteiger partial charge in [0.25, 0.3) is 5.56 Å². The van der Waals surface area contributed by atoms with E-state index in [4.69, 9.17) is 0 Å². The summed E-state index contributed by atoms with van der Waals surface area (Å²) in [5.41, 5.74) is 1.22. The summed E-state index contributed by atoms with van der Waals surface area (Å²) in [7, 11) is 0. The normalized spacial score (nSPS) is 16.9. The second kappa shape index (κ2) is 9.36. The SMILES string of the molecule is C1CCNCC1.Cc1cc(Nc2cc(=O)[nH]c3c(C4CCC4)cnn23)cc(C(F)(F)F)c1. The molecule has 0 atom stereocenters. The molecule has 172 valence electrons. The third kappa shape index (κ3) is 5.15. The minimum Gasteiger partial charge on any atom is -0.340 e. The summed E-state index contributed by atoms with van der Waals surface area (Å²) in [4.78, 5) is 14.8. The molecule has 5 rings (SSSR count). The van der Waals surface area contributed by atoms with Crippen LogP contribution in [0, 0.1) is 6.92 Å². The van der Waals surface area contributed by atoms with Crippen LogP contribution in [-0.2, 0) is 6.18 Å². The topological polar surface area (TPSA) is 74.2 Å². The molecule has 1 saturated heterocycles. The average Bonchev–Trinajstić information content (AvgIpc) is 3.11. The smallest absolute Gasteiger partial charge is 0.340 e. The van der Waals surface area contributed by atoms with Gasteiger partial charge < -0.3 is 15.6 Å². The van der Waals surface area contributed by atoms with Gasteiger partial charge in [0.2, 0.25) is 0 Å². The standard InChI is InChI=1S/C18H17F3N4O.C5H11N/c1-10-5-12(18(19,20)21)7-13(6-10)23-15-8-16(26)24-17-14(9-22-25(15)17)11-3-2-4-11;1-2-4-6-5-3-1/h5-9,11,23H,2-4H2,1H3,(H,24,26);6H,1-5H2. The Bertz CT molecular complexity index is 1120. The first-order chi connectivity index (χ1) is 15.3. The predicted octanol–water partition coefficient (Wildman–Crippen LogP) is 5.12. The Kier molecular flexibility index (Phi) is 6.55. The fourth-order valence-corrected chi connectivity index (χ4v) is 4.08. The van der Waals surface area contributed by atoms with Gasteiger partial charge in [0.15, 0.2) is 0 Å². The van der Waals surface area contributed by atoms with Gasteiger partial charge in [-0.2, -0.15) is 18.3 Å². The number of nitrogens with one attached hydrogen (secondary N) is 3. The van der Waals surface area contributed by atoms with E-state index in [-0.39, 0.29) is 11.2 Å². The van der Waals surface area contributed by atoms with Crippen molar-refractivity contribution in [2.75, 3.05) is 18.4 Å². The van der Waals surface area contributed by atoms with Crippen molar-refractivity contribution in [2.24, 2.45) is 0 Å². The zero-order chi connectivity index (χ0) is 22.7. The number of fused-ring (bicyclic) bond motifs is 1. The molecule has 0 spiro atoms. The van der Waals surface area contributed by atoms with Crippen molar-refractivity contribution in [3.05, 3.63) is 57.5 Å². The summed E-state index contributed by atoms with van der Waals surface area (Å²) in [5, 5.41) is 10.5. The number of alkyl halides is 3. The van der Waals surface area contributed by atoms with Crippen molar-refractivity contribution in [2.45, 2.75) is 57.5 Å². The largest absolute Gasteiger partial charge is 0.416 e. The molecular weight excluding hydrogens is 419 g/mol. The number of benzene rings is 1. The fourth-order valence-electron chi connectivity index (χ4n) is 4.08. The summed E-state index contributed by atoms with van der Waals surface area (Å²) in [6, 6.07) is 5.00. The van der Waals surface area contributed by atoms with Crippen LogP contribution in [0.3, 0.4) is 0 Å². The Morgan fingerprint density at radius 3 is 2.38 bits per heavy atom. The molecule has 1 aliphatic heterocycles. The number of rotatable bonds is 3. The van der Waals surface area contributed by atoms with E-state index in [0.717, 1.165) is 37.0 Å². The van der Waals surface area contributed by atoms with Gasteiger partial charge in [0.1, 0.15) is 11.5 Å². The highest BCUT2D eigenvalue weighted by Gasteiger charge is 2.31. The molecule has 2 fully saturated rings. The Labute approximate surface area is 184 Å². The number of nitrogens with zero attached hydrogens (tertiary/aromatic N) is 2. The first-order valence-electron chi connectivity index (χ1n) is 11.1. The van der Waals surface area contributed by atoms with Crippen LogP contribution in [0.4, 0.5) is 24.7 Å².